The number of nitrogens with zero attached hydrogens (tertiary/aromatic N) is 4. The van der Waals surface area contributed by atoms with Gasteiger partial charge in [-0.3, -0.25) is 4.98 Å². The summed E-state index contributed by atoms with van der Waals surface area (Å²) in [4.78, 5) is 13.9. The molecule has 0 saturated carbocycles. The number of hydrogen-bond donors (Lipinski definition) is 0. The minimum atomic E-state index is 0. The van der Waals surface area contributed by atoms with Crippen LogP contribution in [0.2, 0.25) is 0 Å². The zero-order valence-corrected chi connectivity index (χ0v) is 26.0. The van der Waals surface area contributed by atoms with Crippen LogP contribution in [0.3, 0.4) is 0 Å². The van der Waals surface area contributed by atoms with Crippen molar-refractivity contribution in [2.24, 2.45) is 0 Å². The Balaban J connectivity index is 0.000000213. The molecule has 0 aliphatic carbocycles. The van der Waals surface area contributed by atoms with Gasteiger partial charge in [-0.05, 0) is 48.5 Å². The normalized spacial score (nSPS) is 10.8. The maximum atomic E-state index is 6.32. The molecule has 4 aromatic carbocycles. The number of pyridine rings is 2. The average Bonchev–Trinajstić information content (AvgIpc) is 3.62. The van der Waals surface area contributed by atoms with Gasteiger partial charge in [0.1, 0.15) is 5.58 Å². The van der Waals surface area contributed by atoms with E-state index in [0.717, 1.165) is 72.6 Å². The van der Waals surface area contributed by atoms with Crippen molar-refractivity contribution in [2.45, 2.75) is 13.8 Å². The van der Waals surface area contributed by atoms with Crippen LogP contribution in [-0.4, -0.2) is 19.5 Å². The second-order valence-electron chi connectivity index (χ2n) is 10.1. The van der Waals surface area contributed by atoms with Crippen LogP contribution < -0.4 is 0 Å². The van der Waals surface area contributed by atoms with Gasteiger partial charge in [0.25, 0.3) is 0 Å². The van der Waals surface area contributed by atoms with Crippen molar-refractivity contribution in [1.82, 2.24) is 19.5 Å². The summed E-state index contributed by atoms with van der Waals surface area (Å²) in [6.07, 6.45) is 3.67. The predicted molar refractivity (Wildman–Crippen MR) is 168 cm³/mol. The third kappa shape index (κ3) is 5.39. The summed E-state index contributed by atoms with van der Waals surface area (Å²) in [5, 5.41) is 2.21. The van der Waals surface area contributed by atoms with Gasteiger partial charge in [0.2, 0.25) is 0 Å². The summed E-state index contributed by atoms with van der Waals surface area (Å²) in [5.74, 6) is 0.776. The molecule has 0 unspecified atom stereocenters. The van der Waals surface area contributed by atoms with Crippen LogP contribution in [0.25, 0.3) is 61.4 Å². The fourth-order valence-electron chi connectivity index (χ4n) is 5.23. The van der Waals surface area contributed by atoms with E-state index < -0.39 is 0 Å². The summed E-state index contributed by atoms with van der Waals surface area (Å²) in [5.41, 5.74) is 9.41. The minimum absolute atomic E-state index is 0. The van der Waals surface area contributed by atoms with E-state index in [4.69, 9.17) is 14.4 Å². The maximum absolute atomic E-state index is 6.32. The van der Waals surface area contributed by atoms with Gasteiger partial charge in [-0.1, -0.05) is 66.4 Å². The topological polar surface area (TPSA) is 56.7 Å². The molecule has 0 saturated heterocycles. The first-order valence-corrected chi connectivity index (χ1v) is 13.8. The first-order valence-electron chi connectivity index (χ1n) is 13.8. The molecule has 4 aromatic heterocycles. The van der Waals surface area contributed by atoms with E-state index >= 15 is 0 Å². The largest absolute Gasteiger partial charge is 0.501 e. The van der Waals surface area contributed by atoms with Gasteiger partial charge in [0.05, 0.1) is 16.9 Å². The minimum Gasteiger partial charge on any atom is -0.501 e. The van der Waals surface area contributed by atoms with Crippen molar-refractivity contribution >= 4 is 33.1 Å². The molecule has 4 heterocycles. The first kappa shape index (κ1) is 28.2. The smallest absolute Gasteiger partial charge is 0.155 e. The van der Waals surface area contributed by atoms with Crippen molar-refractivity contribution in [1.29, 1.82) is 0 Å². The van der Waals surface area contributed by atoms with Crippen LogP contribution in [-0.2, 0) is 20.1 Å². The Hall–Kier alpha value is -4.90. The molecule has 0 spiro atoms. The summed E-state index contributed by atoms with van der Waals surface area (Å²) < 4.78 is 8.41. The molecular formula is C37H26IrN4O-2. The molecule has 5 nitrogen and oxygen atoms in total. The van der Waals surface area contributed by atoms with Crippen LogP contribution in [0.15, 0.2) is 126 Å². The fourth-order valence-corrected chi connectivity index (χ4v) is 5.23. The van der Waals surface area contributed by atoms with Crippen LogP contribution >= 0.6 is 0 Å². The molecule has 6 heteroatoms. The molecule has 8 aromatic rings. The third-order valence-corrected chi connectivity index (χ3v) is 7.17. The number of hydrogen-bond acceptors (Lipinski definition) is 4. The molecule has 0 aliphatic heterocycles. The molecule has 0 N–H and O–H groups in total. The van der Waals surface area contributed by atoms with Gasteiger partial charge in [-0.25, -0.2) is 4.98 Å². The van der Waals surface area contributed by atoms with Gasteiger partial charge < -0.3 is 14.0 Å². The number of rotatable bonds is 3. The average molecular weight is 735 g/mol. The second-order valence-corrected chi connectivity index (χ2v) is 10.1. The molecule has 0 amide bonds. The third-order valence-electron chi connectivity index (χ3n) is 7.17. The second kappa shape index (κ2) is 12.1. The Morgan fingerprint density at radius 3 is 2.37 bits per heavy atom. The molecular weight excluding hydrogens is 709 g/mol. The molecule has 0 bridgehead atoms. The van der Waals surface area contributed by atoms with E-state index in [1.165, 1.54) is 0 Å². The monoisotopic (exact) mass is 735 g/mol. The summed E-state index contributed by atoms with van der Waals surface area (Å²) in [6.45, 7) is 4.12. The SMILES string of the molecule is Cc1cnc2c(c1)nc(-c1[c-]cc(C)c3c1oc1ccccc13)n2-c1ccccc1.[Ir].[c-]1ccccc1-c1ccccn1. The van der Waals surface area contributed by atoms with Crippen LogP contribution in [0.1, 0.15) is 11.1 Å². The van der Waals surface area contributed by atoms with E-state index in [1.807, 2.05) is 98.0 Å². The first-order chi connectivity index (χ1) is 20.7. The van der Waals surface area contributed by atoms with Crippen molar-refractivity contribution in [2.75, 3.05) is 0 Å². The number of imidazole rings is 1. The zero-order chi connectivity index (χ0) is 28.5. The summed E-state index contributed by atoms with van der Waals surface area (Å²) >= 11 is 0. The molecule has 0 fully saturated rings. The predicted octanol–water partition coefficient (Wildman–Crippen LogP) is 8.95. The summed E-state index contributed by atoms with van der Waals surface area (Å²) in [7, 11) is 0. The number of benzene rings is 4. The van der Waals surface area contributed by atoms with E-state index in [9.17, 15) is 0 Å². The number of aromatic nitrogens is 4. The van der Waals surface area contributed by atoms with Crippen molar-refractivity contribution in [3.8, 4) is 28.3 Å². The van der Waals surface area contributed by atoms with Crippen molar-refractivity contribution in [3.05, 3.63) is 145 Å². The van der Waals surface area contributed by atoms with Gasteiger partial charge in [0.15, 0.2) is 5.65 Å². The number of furan rings is 1. The molecule has 1 radical (unpaired) electrons. The van der Waals surface area contributed by atoms with Crippen LogP contribution in [0.4, 0.5) is 0 Å². The van der Waals surface area contributed by atoms with E-state index in [2.05, 4.69) is 52.9 Å². The summed E-state index contributed by atoms with van der Waals surface area (Å²) in [6, 6.07) is 42.7. The molecule has 8 rings (SSSR count). The van der Waals surface area contributed by atoms with Gasteiger partial charge >= 0.3 is 0 Å². The zero-order valence-electron chi connectivity index (χ0n) is 23.6. The number of para-hydroxylation sites is 2. The molecule has 43 heavy (non-hydrogen) atoms. The van der Waals surface area contributed by atoms with E-state index in [-0.39, 0.29) is 20.1 Å². The molecule has 211 valence electrons. The number of fused-ring (bicyclic) bond motifs is 4. The quantitative estimate of drug-likeness (QED) is 0.170. The Labute approximate surface area is 263 Å². The Morgan fingerprint density at radius 2 is 1.58 bits per heavy atom. The van der Waals surface area contributed by atoms with E-state index in [1.54, 1.807) is 6.20 Å². The number of aryl methyl sites for hydroxylation is 2. The van der Waals surface area contributed by atoms with Crippen molar-refractivity contribution < 1.29 is 24.5 Å². The Bertz CT molecular complexity index is 2120. The van der Waals surface area contributed by atoms with E-state index in [0.29, 0.717) is 0 Å². The standard InChI is InChI=1S/C26H18N3O.C11H8N.Ir/c1-16-14-21-26(27-15-16)29(18-8-4-3-5-9-18)25(28-21)20-13-12-17(2)23-19-10-6-7-11-22(19)30-24(20)23;1-2-6-10(7-3-1)11-8-4-5-9-12-11;/h3-12,14-15H,1-2H3;1-6,8-9H;/q2*-1;. The maximum Gasteiger partial charge on any atom is 0.155 e. The Morgan fingerprint density at radius 1 is 0.791 bits per heavy atom. The van der Waals surface area contributed by atoms with Crippen LogP contribution in [0, 0.1) is 26.0 Å². The fraction of sp³-hybridized carbons (Fsp3) is 0.0541. The van der Waals surface area contributed by atoms with Gasteiger partial charge in [-0.15, -0.1) is 53.6 Å². The van der Waals surface area contributed by atoms with Crippen LogP contribution in [0.5, 0.6) is 0 Å². The van der Waals surface area contributed by atoms with Gasteiger partial charge in [-0.2, -0.15) is 0 Å². The van der Waals surface area contributed by atoms with Gasteiger partial charge in [0, 0.05) is 43.6 Å². The molecule has 0 aliphatic rings. The Kier molecular flexibility index (Phi) is 7.97. The van der Waals surface area contributed by atoms with Crippen molar-refractivity contribution in [3.63, 3.8) is 0 Å². The molecule has 0 atom stereocenters.